The molecule has 162 valence electrons. The number of carbonyl (C=O) groups is 1. The van der Waals surface area contributed by atoms with Gasteiger partial charge in [0.25, 0.3) is 11.5 Å². The molecule has 1 fully saturated rings. The van der Waals surface area contributed by atoms with E-state index in [2.05, 4.69) is 15.5 Å². The lowest BCUT2D eigenvalue weighted by Crippen LogP contribution is -2.33. The first-order chi connectivity index (χ1) is 15.5. The van der Waals surface area contributed by atoms with Crippen LogP contribution in [0.25, 0.3) is 10.8 Å². The van der Waals surface area contributed by atoms with Gasteiger partial charge >= 0.3 is 0 Å². The number of nitrogens with zero attached hydrogens (tertiary/aromatic N) is 4. The lowest BCUT2D eigenvalue weighted by atomic mass is 10.0. The van der Waals surface area contributed by atoms with E-state index in [0.717, 1.165) is 17.5 Å². The van der Waals surface area contributed by atoms with Crippen molar-refractivity contribution >= 4 is 16.7 Å². The third-order valence-electron chi connectivity index (χ3n) is 5.80. The molecule has 0 atom stereocenters. The van der Waals surface area contributed by atoms with Gasteiger partial charge in [-0.25, -0.2) is 18.1 Å². The van der Waals surface area contributed by atoms with E-state index in [-0.39, 0.29) is 34.6 Å². The first-order valence-electron chi connectivity index (χ1n) is 10.2. The largest absolute Gasteiger partial charge is 0.348 e. The van der Waals surface area contributed by atoms with Gasteiger partial charge in [0.1, 0.15) is 24.3 Å². The first kappa shape index (κ1) is 20.0. The van der Waals surface area contributed by atoms with Crippen LogP contribution in [-0.2, 0) is 6.54 Å². The van der Waals surface area contributed by atoms with Gasteiger partial charge in [-0.15, -0.1) is 10.2 Å². The van der Waals surface area contributed by atoms with Gasteiger partial charge in [-0.2, -0.15) is 0 Å². The highest BCUT2D eigenvalue weighted by molar-refractivity contribution is 6.07. The zero-order valence-corrected chi connectivity index (χ0v) is 17.2. The van der Waals surface area contributed by atoms with Gasteiger partial charge in [0.2, 0.25) is 0 Å². The number of hydrogen-bond acceptors (Lipinski definition) is 4. The maximum atomic E-state index is 14.7. The Morgan fingerprint density at radius 3 is 2.50 bits per heavy atom. The molecule has 9 heteroatoms. The zero-order valence-electron chi connectivity index (χ0n) is 17.2. The lowest BCUT2D eigenvalue weighted by molar-refractivity contribution is 0.0950. The number of aromatic nitrogens is 4. The summed E-state index contributed by atoms with van der Waals surface area (Å²) >= 11 is 0. The topological polar surface area (TPSA) is 81.8 Å². The van der Waals surface area contributed by atoms with E-state index in [1.807, 2.05) is 0 Å². The van der Waals surface area contributed by atoms with Gasteiger partial charge in [0, 0.05) is 11.9 Å². The minimum Gasteiger partial charge on any atom is -0.348 e. The molecule has 0 spiro atoms. The van der Waals surface area contributed by atoms with Crippen molar-refractivity contribution in [1.82, 2.24) is 24.9 Å². The molecule has 0 bridgehead atoms. The summed E-state index contributed by atoms with van der Waals surface area (Å²) in [6.07, 6.45) is 4.43. The van der Waals surface area contributed by atoms with Crippen molar-refractivity contribution in [3.8, 4) is 0 Å². The number of halogens is 2. The highest BCUT2D eigenvalue weighted by atomic mass is 19.1. The molecule has 2 heterocycles. The van der Waals surface area contributed by atoms with Gasteiger partial charge in [0.15, 0.2) is 0 Å². The number of pyridine rings is 1. The van der Waals surface area contributed by atoms with E-state index in [4.69, 9.17) is 0 Å². The van der Waals surface area contributed by atoms with Crippen LogP contribution in [0, 0.1) is 18.6 Å². The van der Waals surface area contributed by atoms with Crippen molar-refractivity contribution in [2.45, 2.75) is 32.2 Å². The molecule has 0 unspecified atom stereocenters. The predicted octanol–water partition coefficient (Wildman–Crippen LogP) is 3.30. The second kappa shape index (κ2) is 7.67. The molecule has 1 aliphatic rings. The van der Waals surface area contributed by atoms with Crippen molar-refractivity contribution in [1.29, 1.82) is 0 Å². The average Bonchev–Trinajstić information content (AvgIpc) is 3.46. The van der Waals surface area contributed by atoms with Crippen LogP contribution in [0.5, 0.6) is 0 Å². The monoisotopic (exact) mass is 435 g/mol. The number of hydrogen-bond donors (Lipinski definition) is 1. The van der Waals surface area contributed by atoms with Crippen molar-refractivity contribution < 1.29 is 13.6 Å². The van der Waals surface area contributed by atoms with Gasteiger partial charge in [-0.3, -0.25) is 9.59 Å². The summed E-state index contributed by atoms with van der Waals surface area (Å²) in [5.74, 6) is -1.32. The summed E-state index contributed by atoms with van der Waals surface area (Å²) in [6.45, 7) is 1.71. The number of carbonyl (C=O) groups excluding carboxylic acids is 1. The Balaban J connectivity index is 1.60. The average molecular weight is 435 g/mol. The lowest BCUT2D eigenvalue weighted by Gasteiger charge is -2.18. The smallest absolute Gasteiger partial charge is 0.280 e. The van der Waals surface area contributed by atoms with E-state index >= 15 is 0 Å². The predicted molar refractivity (Wildman–Crippen MR) is 113 cm³/mol. The quantitative estimate of drug-likeness (QED) is 0.522. The Labute approximate surface area is 181 Å². The Kier molecular flexibility index (Phi) is 4.80. The highest BCUT2D eigenvalue weighted by Gasteiger charge is 2.29. The maximum absolute atomic E-state index is 14.7. The molecule has 0 aliphatic heterocycles. The molecule has 0 radical (unpaired) electrons. The van der Waals surface area contributed by atoms with Crippen LogP contribution >= 0.6 is 0 Å². The molecule has 1 N–H and O–H groups in total. The van der Waals surface area contributed by atoms with Crippen LogP contribution in [-0.4, -0.2) is 25.5 Å². The van der Waals surface area contributed by atoms with Gasteiger partial charge in [-0.05, 0) is 48.9 Å². The third kappa shape index (κ3) is 3.26. The number of amides is 1. The summed E-state index contributed by atoms with van der Waals surface area (Å²) < 4.78 is 31.5. The van der Waals surface area contributed by atoms with E-state index in [9.17, 15) is 18.4 Å². The highest BCUT2D eigenvalue weighted by Crippen LogP contribution is 2.42. The molecule has 4 aromatic rings. The Morgan fingerprint density at radius 1 is 1.09 bits per heavy atom. The molecule has 1 saturated carbocycles. The van der Waals surface area contributed by atoms with E-state index < -0.39 is 17.3 Å². The SMILES string of the molecule is Cc1c(C(=O)NCc2cccc(F)c2C2CC2)c2cccc(F)c2c(=O)n1-n1cnnc1. The van der Waals surface area contributed by atoms with E-state index in [1.54, 1.807) is 19.1 Å². The number of benzene rings is 2. The van der Waals surface area contributed by atoms with Crippen molar-refractivity contribution in [3.63, 3.8) is 0 Å². The molecule has 5 rings (SSSR count). The summed E-state index contributed by atoms with van der Waals surface area (Å²) in [5.41, 5.74) is 1.16. The Bertz CT molecular complexity index is 1410. The Morgan fingerprint density at radius 2 is 1.78 bits per heavy atom. The number of nitrogens with one attached hydrogen (secondary N) is 1. The Hall–Kier alpha value is -3.88. The summed E-state index contributed by atoms with van der Waals surface area (Å²) in [5, 5.41) is 10.2. The second-order valence-corrected chi connectivity index (χ2v) is 7.85. The van der Waals surface area contributed by atoms with Crippen LogP contribution in [0.4, 0.5) is 8.78 Å². The maximum Gasteiger partial charge on any atom is 0.280 e. The minimum atomic E-state index is -0.732. The first-order valence-corrected chi connectivity index (χ1v) is 10.2. The van der Waals surface area contributed by atoms with Gasteiger partial charge in [0.05, 0.1) is 16.6 Å². The third-order valence-corrected chi connectivity index (χ3v) is 5.80. The minimum absolute atomic E-state index is 0.116. The molecule has 32 heavy (non-hydrogen) atoms. The molecule has 2 aromatic heterocycles. The van der Waals surface area contributed by atoms with Crippen LogP contribution in [0.2, 0.25) is 0 Å². The molecule has 2 aromatic carbocycles. The zero-order chi connectivity index (χ0) is 22.4. The number of rotatable bonds is 5. The van der Waals surface area contributed by atoms with Crippen molar-refractivity contribution in [3.05, 3.63) is 93.4 Å². The van der Waals surface area contributed by atoms with E-state index in [1.165, 1.54) is 41.6 Å². The molecular weight excluding hydrogens is 416 g/mol. The van der Waals surface area contributed by atoms with Gasteiger partial charge < -0.3 is 5.32 Å². The van der Waals surface area contributed by atoms with Crippen LogP contribution in [0.3, 0.4) is 0 Å². The van der Waals surface area contributed by atoms with Crippen LogP contribution in [0.1, 0.15) is 45.9 Å². The summed E-state index contributed by atoms with van der Waals surface area (Å²) in [7, 11) is 0. The van der Waals surface area contributed by atoms with Gasteiger partial charge in [-0.1, -0.05) is 24.3 Å². The van der Waals surface area contributed by atoms with Crippen molar-refractivity contribution in [2.24, 2.45) is 0 Å². The normalized spacial score (nSPS) is 13.5. The molecular formula is C23H19F2N5O2. The number of fused-ring (bicyclic) bond motifs is 1. The summed E-state index contributed by atoms with van der Waals surface area (Å²) in [6, 6.07) is 9.00. The fourth-order valence-corrected chi connectivity index (χ4v) is 4.20. The van der Waals surface area contributed by atoms with E-state index in [0.29, 0.717) is 16.8 Å². The van der Waals surface area contributed by atoms with Crippen LogP contribution < -0.4 is 10.9 Å². The fraction of sp³-hybridized carbons (Fsp3) is 0.217. The molecule has 1 aliphatic carbocycles. The molecule has 1 amide bonds. The fourth-order valence-electron chi connectivity index (χ4n) is 4.20. The van der Waals surface area contributed by atoms with Crippen molar-refractivity contribution in [2.75, 3.05) is 0 Å². The standard InChI is InChI=1S/C23H19F2N5O2/c1-13-19(22(31)26-10-15-4-2-6-17(24)20(15)14-8-9-14)16-5-3-7-18(25)21(16)23(32)30(13)29-11-27-28-12-29/h2-7,11-12,14H,8-10H2,1H3,(H,26,31). The van der Waals surface area contributed by atoms with Crippen LogP contribution in [0.15, 0.2) is 53.8 Å². The second-order valence-electron chi connectivity index (χ2n) is 7.85. The molecule has 0 saturated heterocycles. The molecule has 7 nitrogen and oxygen atoms in total. The summed E-state index contributed by atoms with van der Waals surface area (Å²) in [4.78, 5) is 26.4.